The summed E-state index contributed by atoms with van der Waals surface area (Å²) in [7, 11) is 0. The number of ether oxygens (including phenoxy) is 1. The van der Waals surface area contributed by atoms with Gasteiger partial charge in [-0.2, -0.15) is 0 Å². The van der Waals surface area contributed by atoms with Gasteiger partial charge < -0.3 is 15.4 Å². The predicted octanol–water partition coefficient (Wildman–Crippen LogP) is 1.46. The van der Waals surface area contributed by atoms with Gasteiger partial charge in [0.15, 0.2) is 6.10 Å². The van der Waals surface area contributed by atoms with Crippen molar-refractivity contribution >= 4 is 35.0 Å². The zero-order valence-corrected chi connectivity index (χ0v) is 14.2. The number of fused-ring (bicyclic) bond motifs is 1. The van der Waals surface area contributed by atoms with Crippen LogP contribution in [0.2, 0.25) is 0 Å². The monoisotopic (exact) mass is 360 g/mol. The Bertz CT molecular complexity index is 834. The lowest BCUT2D eigenvalue weighted by molar-refractivity contribution is -0.122. The summed E-state index contributed by atoms with van der Waals surface area (Å²) >= 11 is 1.30. The smallest absolute Gasteiger partial charge is 0.265 e. The van der Waals surface area contributed by atoms with Gasteiger partial charge in [0.1, 0.15) is 5.75 Å². The largest absolute Gasteiger partial charge is 0.479 e. The third kappa shape index (κ3) is 3.43. The first-order valence-electron chi connectivity index (χ1n) is 7.92. The maximum Gasteiger partial charge on any atom is 0.265 e. The lowest BCUT2D eigenvalue weighted by atomic mass is 10.2. The minimum atomic E-state index is -0.526. The van der Waals surface area contributed by atoms with Crippen molar-refractivity contribution in [3.63, 3.8) is 0 Å². The van der Waals surface area contributed by atoms with Crippen LogP contribution >= 0.6 is 11.8 Å². The molecule has 10 heteroatoms. The first kappa shape index (κ1) is 15.9. The van der Waals surface area contributed by atoms with Crippen molar-refractivity contribution in [1.29, 1.82) is 0 Å². The van der Waals surface area contributed by atoms with Gasteiger partial charge in [-0.1, -0.05) is 11.8 Å². The number of hydrogen-bond acceptors (Lipinski definition) is 7. The molecule has 1 aromatic heterocycles. The Morgan fingerprint density at radius 1 is 1.48 bits per heavy atom. The van der Waals surface area contributed by atoms with E-state index in [4.69, 9.17) is 4.74 Å². The van der Waals surface area contributed by atoms with Crippen LogP contribution in [0.25, 0.3) is 0 Å². The van der Waals surface area contributed by atoms with E-state index in [0.29, 0.717) is 28.3 Å². The third-order valence-corrected chi connectivity index (χ3v) is 4.82. The van der Waals surface area contributed by atoms with Crippen molar-refractivity contribution in [2.75, 3.05) is 16.4 Å². The highest BCUT2D eigenvalue weighted by atomic mass is 32.2. The van der Waals surface area contributed by atoms with E-state index in [-0.39, 0.29) is 17.6 Å². The van der Waals surface area contributed by atoms with Crippen LogP contribution in [-0.4, -0.2) is 43.9 Å². The van der Waals surface area contributed by atoms with Crippen molar-refractivity contribution in [3.8, 4) is 5.75 Å². The first-order valence-corrected chi connectivity index (χ1v) is 8.91. The fourth-order valence-electron chi connectivity index (χ4n) is 2.44. The van der Waals surface area contributed by atoms with E-state index in [1.165, 1.54) is 11.8 Å². The number of anilines is 2. The number of hydrogen-bond donors (Lipinski definition) is 2. The number of carbonyl (C=O) groups is 2. The molecular weight excluding hydrogens is 344 g/mol. The molecule has 130 valence electrons. The molecule has 2 N–H and O–H groups in total. The van der Waals surface area contributed by atoms with Gasteiger partial charge in [0.2, 0.25) is 11.1 Å². The summed E-state index contributed by atoms with van der Waals surface area (Å²) in [6, 6.07) is 5.50. The van der Waals surface area contributed by atoms with Gasteiger partial charge in [-0.25, -0.2) is 4.68 Å². The number of aromatic nitrogens is 4. The van der Waals surface area contributed by atoms with E-state index in [1.807, 2.05) is 0 Å². The van der Waals surface area contributed by atoms with E-state index in [2.05, 4.69) is 26.2 Å². The van der Waals surface area contributed by atoms with Crippen LogP contribution in [0.4, 0.5) is 11.4 Å². The molecular formula is C15H16N6O3S. The van der Waals surface area contributed by atoms with Crippen LogP contribution < -0.4 is 15.4 Å². The summed E-state index contributed by atoms with van der Waals surface area (Å²) in [4.78, 5) is 23.8. The Hall–Kier alpha value is -2.62. The Kier molecular flexibility index (Phi) is 4.04. The highest BCUT2D eigenvalue weighted by molar-refractivity contribution is 7.99. The van der Waals surface area contributed by atoms with Gasteiger partial charge >= 0.3 is 0 Å². The highest BCUT2D eigenvalue weighted by Gasteiger charge is 2.28. The number of tetrazole rings is 1. The molecule has 2 aromatic rings. The number of nitrogens with zero attached hydrogens (tertiary/aromatic N) is 4. The molecule has 2 aliphatic rings. The van der Waals surface area contributed by atoms with Crippen LogP contribution in [0.1, 0.15) is 25.8 Å². The summed E-state index contributed by atoms with van der Waals surface area (Å²) in [5.74, 6) is 0.401. The molecule has 0 saturated heterocycles. The highest BCUT2D eigenvalue weighted by Crippen LogP contribution is 2.36. The molecule has 1 aromatic carbocycles. The molecule has 4 rings (SSSR count). The van der Waals surface area contributed by atoms with Gasteiger partial charge in [-0.05, 0) is 48.4 Å². The Balaban J connectivity index is 1.37. The van der Waals surface area contributed by atoms with Crippen molar-refractivity contribution < 1.29 is 14.3 Å². The second-order valence-corrected chi connectivity index (χ2v) is 6.88. The van der Waals surface area contributed by atoms with E-state index >= 15 is 0 Å². The van der Waals surface area contributed by atoms with Gasteiger partial charge in [0, 0.05) is 5.69 Å². The molecule has 0 radical (unpaired) electrons. The zero-order valence-electron chi connectivity index (χ0n) is 13.4. The normalized spacial score (nSPS) is 18.9. The average molecular weight is 360 g/mol. The van der Waals surface area contributed by atoms with Crippen LogP contribution in [0.3, 0.4) is 0 Å². The maximum atomic E-state index is 12.2. The van der Waals surface area contributed by atoms with Crippen LogP contribution in [0.5, 0.6) is 5.75 Å². The topological polar surface area (TPSA) is 111 Å². The summed E-state index contributed by atoms with van der Waals surface area (Å²) in [5, 5.41) is 17.8. The minimum absolute atomic E-state index is 0.174. The average Bonchev–Trinajstić information content (AvgIpc) is 3.32. The molecule has 0 spiro atoms. The molecule has 2 heterocycles. The Morgan fingerprint density at radius 2 is 2.32 bits per heavy atom. The van der Waals surface area contributed by atoms with Gasteiger partial charge in [0.05, 0.1) is 17.5 Å². The molecule has 25 heavy (non-hydrogen) atoms. The molecule has 1 aliphatic heterocycles. The number of rotatable bonds is 5. The van der Waals surface area contributed by atoms with Gasteiger partial charge in [0.25, 0.3) is 5.91 Å². The summed E-state index contributed by atoms with van der Waals surface area (Å²) in [6.45, 7) is 1.68. The Morgan fingerprint density at radius 3 is 3.12 bits per heavy atom. The minimum Gasteiger partial charge on any atom is -0.479 e. The SMILES string of the molecule is CC1Oc2ccc(NC(=O)CSc3nnnn3C3CC3)cc2NC1=O. The van der Waals surface area contributed by atoms with Gasteiger partial charge in [-0.3, -0.25) is 9.59 Å². The summed E-state index contributed by atoms with van der Waals surface area (Å²) < 4.78 is 7.26. The van der Waals surface area contributed by atoms with Crippen LogP contribution in [0.15, 0.2) is 23.4 Å². The van der Waals surface area contributed by atoms with Crippen molar-refractivity contribution in [1.82, 2.24) is 20.2 Å². The van der Waals surface area contributed by atoms with Crippen LogP contribution in [-0.2, 0) is 9.59 Å². The van der Waals surface area contributed by atoms with Crippen molar-refractivity contribution in [3.05, 3.63) is 18.2 Å². The number of nitrogens with one attached hydrogen (secondary N) is 2. The molecule has 1 fully saturated rings. The van der Waals surface area contributed by atoms with E-state index in [0.717, 1.165) is 12.8 Å². The fraction of sp³-hybridized carbons (Fsp3) is 0.400. The zero-order chi connectivity index (χ0) is 17.4. The quantitative estimate of drug-likeness (QED) is 0.777. The molecule has 1 unspecified atom stereocenters. The second kappa shape index (κ2) is 6.36. The molecule has 1 aliphatic carbocycles. The van der Waals surface area contributed by atoms with Crippen molar-refractivity contribution in [2.45, 2.75) is 37.1 Å². The molecule has 0 bridgehead atoms. The van der Waals surface area contributed by atoms with Crippen LogP contribution in [0, 0.1) is 0 Å². The van der Waals surface area contributed by atoms with E-state index in [1.54, 1.807) is 29.8 Å². The summed E-state index contributed by atoms with van der Waals surface area (Å²) in [5.41, 5.74) is 1.14. The predicted molar refractivity (Wildman–Crippen MR) is 90.6 cm³/mol. The molecule has 2 amide bonds. The van der Waals surface area contributed by atoms with Gasteiger partial charge in [-0.15, -0.1) is 5.10 Å². The number of carbonyl (C=O) groups excluding carboxylic acids is 2. The molecule has 1 saturated carbocycles. The van der Waals surface area contributed by atoms with Crippen molar-refractivity contribution in [2.24, 2.45) is 0 Å². The second-order valence-electron chi connectivity index (χ2n) is 5.93. The number of benzene rings is 1. The maximum absolute atomic E-state index is 12.2. The third-order valence-electron chi connectivity index (χ3n) is 3.88. The fourth-order valence-corrected chi connectivity index (χ4v) is 3.19. The lowest BCUT2D eigenvalue weighted by Gasteiger charge is -2.23. The standard InChI is InChI=1S/C15H16N6O3S/c1-8-14(23)17-11-6-9(2-5-12(11)24-8)16-13(22)7-25-15-18-19-20-21(15)10-3-4-10/h2,5-6,8,10H,3-4,7H2,1H3,(H,16,22)(H,17,23). The molecule has 1 atom stereocenters. The first-order chi connectivity index (χ1) is 12.1. The lowest BCUT2D eigenvalue weighted by Crippen LogP contribution is -2.34. The summed E-state index contributed by atoms with van der Waals surface area (Å²) in [6.07, 6.45) is 1.63. The van der Waals surface area contributed by atoms with E-state index < -0.39 is 6.10 Å². The number of amides is 2. The number of thioether (sulfide) groups is 1. The van der Waals surface area contributed by atoms with E-state index in [9.17, 15) is 9.59 Å². The molecule has 9 nitrogen and oxygen atoms in total. The Labute approximate surface area is 147 Å².